The number of hydrogen-bond donors (Lipinski definition) is 4. The summed E-state index contributed by atoms with van der Waals surface area (Å²) in [5.41, 5.74) is 0. The maximum Gasteiger partial charge on any atom is 0.222 e. The average molecular weight is 322 g/mol. The Kier molecular flexibility index (Phi) is 21.4. The molecule has 0 rings (SSSR count). The van der Waals surface area contributed by atoms with Crippen LogP contribution in [0.1, 0.15) is 56.4 Å². The molecular formula is C16H38N2O4. The van der Waals surface area contributed by atoms with E-state index in [9.17, 15) is 9.59 Å². The molecule has 0 aliphatic carbocycles. The van der Waals surface area contributed by atoms with Gasteiger partial charge in [-0.3, -0.25) is 9.59 Å². The molecule has 0 spiro atoms. The zero-order chi connectivity index (χ0) is 16.3. The minimum atomic E-state index is -0.456. The lowest BCUT2D eigenvalue weighted by atomic mass is 10.2. The molecule has 136 valence electrons. The van der Waals surface area contributed by atoms with Crippen LogP contribution in [0.4, 0.5) is 0 Å². The fourth-order valence-electron chi connectivity index (χ4n) is 0.905. The van der Waals surface area contributed by atoms with E-state index in [1.54, 1.807) is 13.8 Å². The lowest BCUT2D eigenvalue weighted by Crippen LogP contribution is -2.33. The Hall–Kier alpha value is -1.14. The number of aliphatic hydroxyl groups excluding tert-OH is 2. The van der Waals surface area contributed by atoms with E-state index in [1.807, 2.05) is 27.7 Å². The van der Waals surface area contributed by atoms with Crippen molar-refractivity contribution in [1.82, 2.24) is 10.6 Å². The van der Waals surface area contributed by atoms with Crippen LogP contribution < -0.4 is 10.6 Å². The van der Waals surface area contributed by atoms with Crippen LogP contribution in [-0.4, -0.2) is 47.3 Å². The molecule has 2 atom stereocenters. The molecule has 0 fully saturated rings. The van der Waals surface area contributed by atoms with Gasteiger partial charge < -0.3 is 20.8 Å². The molecule has 0 aromatic carbocycles. The van der Waals surface area contributed by atoms with Gasteiger partial charge in [0.05, 0.1) is 12.2 Å². The molecule has 6 nitrogen and oxygen atoms in total. The first-order chi connectivity index (χ1) is 9.07. The molecule has 0 unspecified atom stereocenters. The lowest BCUT2D eigenvalue weighted by Gasteiger charge is -2.08. The number of carbonyl (C=O) groups excluding carboxylic acids is 2. The van der Waals surface area contributed by atoms with Gasteiger partial charge in [0.1, 0.15) is 0 Å². The van der Waals surface area contributed by atoms with Gasteiger partial charge in [-0.25, -0.2) is 0 Å². The van der Waals surface area contributed by atoms with Crippen molar-refractivity contribution in [3.8, 4) is 0 Å². The maximum absolute atomic E-state index is 10.8. The van der Waals surface area contributed by atoms with Crippen molar-refractivity contribution in [2.45, 2.75) is 68.6 Å². The molecule has 22 heavy (non-hydrogen) atoms. The first-order valence-electron chi connectivity index (χ1n) is 6.99. The van der Waals surface area contributed by atoms with E-state index >= 15 is 0 Å². The van der Waals surface area contributed by atoms with Crippen molar-refractivity contribution < 1.29 is 19.8 Å². The van der Waals surface area contributed by atoms with E-state index in [0.717, 1.165) is 0 Å². The Labute approximate surface area is 136 Å². The summed E-state index contributed by atoms with van der Waals surface area (Å²) in [5.74, 6) is -0.0284. The molecular weight excluding hydrogens is 284 g/mol. The van der Waals surface area contributed by atoms with E-state index < -0.39 is 12.2 Å². The zero-order valence-electron chi connectivity index (χ0n) is 13.4. The molecule has 2 amide bonds. The molecule has 0 aliphatic heterocycles. The van der Waals surface area contributed by atoms with Crippen molar-refractivity contribution in [2.24, 2.45) is 11.8 Å². The summed E-state index contributed by atoms with van der Waals surface area (Å²) in [6.45, 7) is 11.2. The Morgan fingerprint density at radius 2 is 0.955 bits per heavy atom. The van der Waals surface area contributed by atoms with Gasteiger partial charge in [0, 0.05) is 24.9 Å². The van der Waals surface area contributed by atoms with Crippen LogP contribution >= 0.6 is 0 Å². The largest absolute Gasteiger partial charge is 0.392 e. The van der Waals surface area contributed by atoms with Gasteiger partial charge in [-0.15, -0.1) is 0 Å². The van der Waals surface area contributed by atoms with E-state index in [1.165, 1.54) is 0 Å². The van der Waals surface area contributed by atoms with E-state index in [4.69, 9.17) is 10.2 Å². The number of aliphatic hydroxyl groups is 2. The van der Waals surface area contributed by atoms with Gasteiger partial charge >= 0.3 is 0 Å². The summed E-state index contributed by atoms with van der Waals surface area (Å²) >= 11 is 0. The summed E-state index contributed by atoms with van der Waals surface area (Å²) in [6.07, 6.45) is -0.912. The van der Waals surface area contributed by atoms with Gasteiger partial charge in [0.25, 0.3) is 0 Å². The number of rotatable bonds is 6. The second kappa shape index (κ2) is 16.2. The summed E-state index contributed by atoms with van der Waals surface area (Å²) in [4.78, 5) is 21.7. The third kappa shape index (κ3) is 21.2. The van der Waals surface area contributed by atoms with E-state index in [0.29, 0.717) is 13.1 Å². The first kappa shape index (κ1) is 28.9. The number of nitrogens with one attached hydrogen (secondary N) is 2. The van der Waals surface area contributed by atoms with Gasteiger partial charge in [-0.2, -0.15) is 0 Å². The maximum atomic E-state index is 10.8. The molecule has 4 N–H and O–H groups in total. The Balaban J connectivity index is -0.000000135. The van der Waals surface area contributed by atoms with Crippen LogP contribution in [0.25, 0.3) is 0 Å². The van der Waals surface area contributed by atoms with Crippen LogP contribution in [0.3, 0.4) is 0 Å². The summed E-state index contributed by atoms with van der Waals surface area (Å²) < 4.78 is 0. The Bertz CT molecular complexity index is 249. The van der Waals surface area contributed by atoms with Crippen LogP contribution in [0.2, 0.25) is 0 Å². The second-order valence-electron chi connectivity index (χ2n) is 5.50. The Morgan fingerprint density at radius 3 is 1.09 bits per heavy atom. The van der Waals surface area contributed by atoms with E-state index in [-0.39, 0.29) is 38.5 Å². The third-order valence-electron chi connectivity index (χ3n) is 2.19. The fourth-order valence-corrected chi connectivity index (χ4v) is 0.905. The predicted octanol–water partition coefficient (Wildman–Crippen LogP) is 1.55. The summed E-state index contributed by atoms with van der Waals surface area (Å²) in [6, 6.07) is 0. The normalized spacial score (nSPS) is 12.1. The SMILES string of the molecule is C.C.CC(C)C(=O)NC[C@@H](C)O.CC(C)C(=O)NC[C@H](C)O. The van der Waals surface area contributed by atoms with Crippen molar-refractivity contribution in [2.75, 3.05) is 13.1 Å². The topological polar surface area (TPSA) is 98.7 Å². The van der Waals surface area contributed by atoms with Gasteiger partial charge in [-0.1, -0.05) is 42.5 Å². The van der Waals surface area contributed by atoms with Gasteiger partial charge in [0.15, 0.2) is 0 Å². The van der Waals surface area contributed by atoms with Crippen molar-refractivity contribution >= 4 is 11.8 Å². The van der Waals surface area contributed by atoms with Gasteiger partial charge in [0.2, 0.25) is 11.8 Å². The van der Waals surface area contributed by atoms with Crippen molar-refractivity contribution in [3.63, 3.8) is 0 Å². The molecule has 0 aromatic heterocycles. The lowest BCUT2D eigenvalue weighted by molar-refractivity contribution is -0.125. The molecule has 0 bridgehead atoms. The average Bonchev–Trinajstić information content (AvgIpc) is 2.33. The van der Waals surface area contributed by atoms with Crippen LogP contribution in [-0.2, 0) is 9.59 Å². The molecule has 0 heterocycles. The number of amides is 2. The highest BCUT2D eigenvalue weighted by atomic mass is 16.3. The molecule has 0 aliphatic rings. The van der Waals surface area contributed by atoms with Crippen LogP contribution in [0.5, 0.6) is 0 Å². The highest BCUT2D eigenvalue weighted by Gasteiger charge is 2.06. The molecule has 6 heteroatoms. The molecule has 0 saturated heterocycles. The minimum absolute atomic E-state index is 0. The standard InChI is InChI=1S/2C7H15NO2.2CH4/c2*1-5(2)7(10)8-4-6(3)9;;/h2*5-6,9H,4H2,1-3H3,(H,8,10);2*1H4/t2*6-;;/m10../s1. The van der Waals surface area contributed by atoms with E-state index in [2.05, 4.69) is 10.6 Å². The molecule has 0 saturated carbocycles. The van der Waals surface area contributed by atoms with Crippen LogP contribution in [0.15, 0.2) is 0 Å². The van der Waals surface area contributed by atoms with Crippen LogP contribution in [0, 0.1) is 11.8 Å². The molecule has 0 radical (unpaired) electrons. The predicted molar refractivity (Wildman–Crippen MR) is 92.5 cm³/mol. The minimum Gasteiger partial charge on any atom is -0.392 e. The smallest absolute Gasteiger partial charge is 0.222 e. The summed E-state index contributed by atoms with van der Waals surface area (Å²) in [7, 11) is 0. The van der Waals surface area contributed by atoms with Crippen molar-refractivity contribution in [1.29, 1.82) is 0 Å². The quantitative estimate of drug-likeness (QED) is 0.596. The third-order valence-corrected chi connectivity index (χ3v) is 2.19. The highest BCUT2D eigenvalue weighted by Crippen LogP contribution is 1.90. The number of carbonyl (C=O) groups is 2. The Morgan fingerprint density at radius 1 is 0.727 bits per heavy atom. The van der Waals surface area contributed by atoms with Gasteiger partial charge in [-0.05, 0) is 13.8 Å². The monoisotopic (exact) mass is 322 g/mol. The first-order valence-corrected chi connectivity index (χ1v) is 6.99. The highest BCUT2D eigenvalue weighted by molar-refractivity contribution is 5.78. The second-order valence-corrected chi connectivity index (χ2v) is 5.50. The number of hydrogen-bond acceptors (Lipinski definition) is 4. The van der Waals surface area contributed by atoms with Crippen molar-refractivity contribution in [3.05, 3.63) is 0 Å². The summed E-state index contributed by atoms with van der Waals surface area (Å²) in [5, 5.41) is 22.7. The fraction of sp³-hybridized carbons (Fsp3) is 0.875. The zero-order valence-corrected chi connectivity index (χ0v) is 13.4. The molecule has 0 aromatic rings.